The van der Waals surface area contributed by atoms with Crippen LogP contribution in [0.2, 0.25) is 0 Å². The first-order chi connectivity index (χ1) is 10.9. The number of carbonyl (C=O) groups is 1. The molecule has 0 radical (unpaired) electrons. The topological polar surface area (TPSA) is 57.5 Å². The molecule has 0 bridgehead atoms. The Labute approximate surface area is 138 Å². The van der Waals surface area contributed by atoms with E-state index in [1.807, 2.05) is 12.1 Å². The lowest BCUT2D eigenvalue weighted by atomic mass is 9.92. The number of phenolic OH excluding ortho intramolecular Hbond substituents is 1. The zero-order chi connectivity index (χ0) is 16.5. The largest absolute Gasteiger partial charge is 0.508 e. The summed E-state index contributed by atoms with van der Waals surface area (Å²) in [5.74, 6) is -0.316. The Balaban J connectivity index is 1.54. The molecule has 3 rings (SSSR count). The molecule has 0 atom stereocenters. The lowest BCUT2D eigenvalue weighted by Gasteiger charge is -2.14. The number of phenols is 1. The Bertz CT molecular complexity index is 583. The second-order valence-electron chi connectivity index (χ2n) is 8.06. The lowest BCUT2D eigenvalue weighted by Crippen LogP contribution is -2.14. The van der Waals surface area contributed by atoms with Crippen molar-refractivity contribution in [3.63, 3.8) is 0 Å². The molecule has 3 heteroatoms. The number of rotatable bonds is 9. The maximum atomic E-state index is 11.2. The zero-order valence-corrected chi connectivity index (χ0v) is 14.1. The second-order valence-corrected chi connectivity index (χ2v) is 8.06. The van der Waals surface area contributed by atoms with Gasteiger partial charge in [0.1, 0.15) is 5.75 Å². The van der Waals surface area contributed by atoms with Crippen molar-refractivity contribution in [1.82, 2.24) is 0 Å². The Morgan fingerprint density at radius 1 is 1.04 bits per heavy atom. The maximum Gasteiger partial charge on any atom is 0.309 e. The zero-order valence-electron chi connectivity index (χ0n) is 14.1. The van der Waals surface area contributed by atoms with Gasteiger partial charge in [-0.3, -0.25) is 4.79 Å². The Morgan fingerprint density at radius 2 is 1.70 bits per heavy atom. The molecule has 23 heavy (non-hydrogen) atoms. The van der Waals surface area contributed by atoms with Gasteiger partial charge in [0.05, 0.1) is 5.41 Å². The molecule has 2 saturated carbocycles. The van der Waals surface area contributed by atoms with Gasteiger partial charge in [0.25, 0.3) is 0 Å². The Hall–Kier alpha value is -1.51. The predicted molar refractivity (Wildman–Crippen MR) is 90.6 cm³/mol. The van der Waals surface area contributed by atoms with Gasteiger partial charge in [-0.25, -0.2) is 0 Å². The van der Waals surface area contributed by atoms with Gasteiger partial charge in [-0.2, -0.15) is 0 Å². The molecule has 0 unspecified atom stereocenters. The highest BCUT2D eigenvalue weighted by molar-refractivity contribution is 5.77. The summed E-state index contributed by atoms with van der Waals surface area (Å²) in [6, 6.07) is 5.69. The molecule has 126 valence electrons. The highest BCUT2D eigenvalue weighted by atomic mass is 16.4. The number of aromatic hydroxyl groups is 1. The van der Waals surface area contributed by atoms with Crippen LogP contribution in [0.4, 0.5) is 0 Å². The highest BCUT2D eigenvalue weighted by Gasteiger charge is 2.49. The molecule has 0 amide bonds. The number of carboxylic acid groups (broad SMARTS) is 1. The van der Waals surface area contributed by atoms with E-state index in [9.17, 15) is 15.0 Å². The molecular formula is C20H28O3. The van der Waals surface area contributed by atoms with E-state index < -0.39 is 11.4 Å². The minimum absolute atomic E-state index is 0.317. The van der Waals surface area contributed by atoms with Crippen molar-refractivity contribution in [3.8, 4) is 5.75 Å². The second kappa shape index (κ2) is 6.18. The number of hydrogen-bond acceptors (Lipinski definition) is 2. The summed E-state index contributed by atoms with van der Waals surface area (Å²) < 4.78 is 0. The molecule has 0 saturated heterocycles. The summed E-state index contributed by atoms with van der Waals surface area (Å²) in [5.41, 5.74) is 2.69. The predicted octanol–water partition coefficient (Wildman–Crippen LogP) is 4.70. The monoisotopic (exact) mass is 316 g/mol. The molecule has 2 N–H and O–H groups in total. The van der Waals surface area contributed by atoms with Crippen LogP contribution in [0.25, 0.3) is 0 Å². The molecule has 2 aliphatic carbocycles. The van der Waals surface area contributed by atoms with Gasteiger partial charge in [0.15, 0.2) is 0 Å². The third kappa shape index (κ3) is 4.07. The summed E-state index contributed by atoms with van der Waals surface area (Å²) in [4.78, 5) is 11.2. The van der Waals surface area contributed by atoms with E-state index in [1.54, 1.807) is 6.07 Å². The van der Waals surface area contributed by atoms with Crippen LogP contribution >= 0.6 is 0 Å². The minimum Gasteiger partial charge on any atom is -0.508 e. The highest BCUT2D eigenvalue weighted by Crippen LogP contribution is 2.50. The smallest absolute Gasteiger partial charge is 0.309 e. The van der Waals surface area contributed by atoms with Crippen molar-refractivity contribution >= 4 is 5.97 Å². The average Bonchev–Trinajstić information content (AvgIpc) is 3.40. The van der Waals surface area contributed by atoms with Crippen molar-refractivity contribution in [2.75, 3.05) is 0 Å². The van der Waals surface area contributed by atoms with Gasteiger partial charge < -0.3 is 10.2 Å². The first-order valence-electron chi connectivity index (χ1n) is 8.97. The number of aliphatic carboxylic acids is 1. The van der Waals surface area contributed by atoms with Crippen LogP contribution in [0, 0.1) is 10.8 Å². The van der Waals surface area contributed by atoms with Crippen LogP contribution in [0.15, 0.2) is 18.2 Å². The number of benzene rings is 1. The van der Waals surface area contributed by atoms with Crippen molar-refractivity contribution in [3.05, 3.63) is 29.3 Å². The fraction of sp³-hybridized carbons (Fsp3) is 0.650. The fourth-order valence-electron chi connectivity index (χ4n) is 3.60. The Kier molecular flexibility index (Phi) is 4.39. The van der Waals surface area contributed by atoms with E-state index in [-0.39, 0.29) is 0 Å². The van der Waals surface area contributed by atoms with Gasteiger partial charge in [-0.1, -0.05) is 13.0 Å². The summed E-state index contributed by atoms with van der Waals surface area (Å²) in [5, 5.41) is 19.0. The molecule has 0 aromatic heterocycles. The average molecular weight is 316 g/mol. The van der Waals surface area contributed by atoms with Crippen LogP contribution in [-0.2, 0) is 17.6 Å². The lowest BCUT2D eigenvalue weighted by molar-refractivity contribution is -0.143. The Morgan fingerprint density at radius 3 is 2.30 bits per heavy atom. The first kappa shape index (κ1) is 16.4. The van der Waals surface area contributed by atoms with Crippen LogP contribution in [0.3, 0.4) is 0 Å². The molecular weight excluding hydrogens is 288 g/mol. The number of hydrogen-bond donors (Lipinski definition) is 2. The van der Waals surface area contributed by atoms with Crippen molar-refractivity contribution in [2.24, 2.45) is 10.8 Å². The van der Waals surface area contributed by atoms with Gasteiger partial charge in [-0.05, 0) is 92.9 Å². The fourth-order valence-corrected chi connectivity index (χ4v) is 3.60. The van der Waals surface area contributed by atoms with E-state index in [4.69, 9.17) is 0 Å². The van der Waals surface area contributed by atoms with Gasteiger partial charge in [-0.15, -0.1) is 0 Å². The summed E-state index contributed by atoms with van der Waals surface area (Å²) in [6.07, 6.45) is 10.5. The van der Waals surface area contributed by atoms with E-state index in [0.717, 1.165) is 38.5 Å². The van der Waals surface area contributed by atoms with Crippen LogP contribution in [0.1, 0.15) is 69.4 Å². The van der Waals surface area contributed by atoms with Crippen molar-refractivity contribution < 1.29 is 15.0 Å². The van der Waals surface area contributed by atoms with Gasteiger partial charge in [0.2, 0.25) is 0 Å². The van der Waals surface area contributed by atoms with Gasteiger partial charge >= 0.3 is 5.97 Å². The van der Waals surface area contributed by atoms with E-state index >= 15 is 0 Å². The van der Waals surface area contributed by atoms with Crippen molar-refractivity contribution in [2.45, 2.75) is 71.1 Å². The summed E-state index contributed by atoms with van der Waals surface area (Å²) in [7, 11) is 0. The molecule has 0 heterocycles. The number of aryl methyl sites for hydroxylation is 2. The van der Waals surface area contributed by atoms with E-state index in [2.05, 4.69) is 6.92 Å². The van der Waals surface area contributed by atoms with Crippen LogP contribution in [-0.4, -0.2) is 16.2 Å². The van der Waals surface area contributed by atoms with Crippen molar-refractivity contribution in [1.29, 1.82) is 0 Å². The molecule has 0 spiro atoms. The van der Waals surface area contributed by atoms with Crippen LogP contribution < -0.4 is 0 Å². The normalized spacial score (nSPS) is 20.2. The van der Waals surface area contributed by atoms with E-state index in [0.29, 0.717) is 11.2 Å². The molecule has 1 aromatic rings. The standard InChI is InChI=1S/C20H28O3/c1-19(10-11-19)8-2-4-15-6-7-17(21)14-16(15)5-3-9-20(12-13-20)18(22)23/h6-7,14,21H,2-5,8-13H2,1H3,(H,22,23). The molecule has 1 aromatic carbocycles. The summed E-state index contributed by atoms with van der Waals surface area (Å²) >= 11 is 0. The van der Waals surface area contributed by atoms with Crippen LogP contribution in [0.5, 0.6) is 5.75 Å². The van der Waals surface area contributed by atoms with Gasteiger partial charge in [0, 0.05) is 0 Å². The third-order valence-corrected chi connectivity index (χ3v) is 5.93. The SMILES string of the molecule is CC1(CCCc2ccc(O)cc2CCCC2(C(=O)O)CC2)CC1. The quantitative estimate of drug-likeness (QED) is 0.694. The first-order valence-corrected chi connectivity index (χ1v) is 8.97. The molecule has 2 fully saturated rings. The number of carboxylic acids is 1. The molecule has 2 aliphatic rings. The molecule has 3 nitrogen and oxygen atoms in total. The maximum absolute atomic E-state index is 11.2. The minimum atomic E-state index is -0.633. The van der Waals surface area contributed by atoms with E-state index in [1.165, 1.54) is 36.8 Å². The molecule has 0 aliphatic heterocycles. The third-order valence-electron chi connectivity index (χ3n) is 5.93. The summed E-state index contributed by atoms with van der Waals surface area (Å²) in [6.45, 7) is 2.37.